The molecule has 0 radical (unpaired) electrons. The van der Waals surface area contributed by atoms with Gasteiger partial charge < -0.3 is 27.0 Å². The zero-order valence-electron chi connectivity index (χ0n) is 24.3. The van der Waals surface area contributed by atoms with Crippen LogP contribution >= 0.6 is 0 Å². The van der Waals surface area contributed by atoms with Gasteiger partial charge in [0.1, 0.15) is 6.04 Å². The van der Waals surface area contributed by atoms with Crippen LogP contribution in [-0.2, 0) is 11.3 Å². The molecule has 0 aliphatic carbocycles. The SMILES string of the molecule is C[C@H](CNC(=O)[C@H](CCCNC(N)=O)NC(=O)c1ccc(NCNCc2ccccn2)cc1)c1cccc2ccccc12. The van der Waals surface area contributed by atoms with Crippen molar-refractivity contribution in [3.05, 3.63) is 108 Å². The van der Waals surface area contributed by atoms with Gasteiger partial charge in [-0.3, -0.25) is 19.9 Å². The van der Waals surface area contributed by atoms with E-state index in [9.17, 15) is 14.4 Å². The zero-order valence-corrected chi connectivity index (χ0v) is 24.3. The standard InChI is InChI=1S/C33H39N7O3/c1-23(28-12-6-9-24-8-2-3-11-29(24)28)20-38-32(42)30(13-7-19-37-33(34)43)40-31(41)25-14-16-26(17-15-25)39-22-35-21-27-10-4-5-18-36-27/h2-6,8-12,14-18,23,30,35,39H,7,13,19-22H2,1H3,(H,38,42)(H,40,41)(H3,34,37,43)/t23-,30+/m1/s1. The molecule has 2 atom stereocenters. The molecule has 10 nitrogen and oxygen atoms in total. The van der Waals surface area contributed by atoms with Crippen molar-refractivity contribution in [2.75, 3.05) is 25.1 Å². The molecule has 0 saturated heterocycles. The van der Waals surface area contributed by atoms with Crippen molar-refractivity contribution in [1.29, 1.82) is 0 Å². The van der Waals surface area contributed by atoms with Gasteiger partial charge in [0.25, 0.3) is 5.91 Å². The lowest BCUT2D eigenvalue weighted by atomic mass is 9.94. The largest absolute Gasteiger partial charge is 0.372 e. The molecule has 0 aliphatic rings. The van der Waals surface area contributed by atoms with Crippen LogP contribution in [0.3, 0.4) is 0 Å². The number of aromatic nitrogens is 1. The number of carbonyl (C=O) groups excluding carboxylic acids is 3. The molecule has 224 valence electrons. The fraction of sp³-hybridized carbons (Fsp3) is 0.273. The molecule has 0 bridgehead atoms. The summed E-state index contributed by atoms with van der Waals surface area (Å²) in [5.41, 5.74) is 8.54. The van der Waals surface area contributed by atoms with Crippen LogP contribution in [0, 0.1) is 0 Å². The molecule has 43 heavy (non-hydrogen) atoms. The molecular weight excluding hydrogens is 542 g/mol. The zero-order chi connectivity index (χ0) is 30.4. The highest BCUT2D eigenvalue weighted by molar-refractivity contribution is 5.97. The summed E-state index contributed by atoms with van der Waals surface area (Å²) in [5.74, 6) is -0.580. The molecule has 4 amide bonds. The summed E-state index contributed by atoms with van der Waals surface area (Å²) >= 11 is 0. The molecule has 1 heterocycles. The Morgan fingerprint density at radius 3 is 2.42 bits per heavy atom. The summed E-state index contributed by atoms with van der Waals surface area (Å²) in [4.78, 5) is 41.7. The molecule has 4 aromatic rings. The summed E-state index contributed by atoms with van der Waals surface area (Å²) in [6.45, 7) is 3.94. The van der Waals surface area contributed by atoms with Gasteiger partial charge in [0.05, 0.1) is 12.4 Å². The van der Waals surface area contributed by atoms with Crippen LogP contribution in [0.2, 0.25) is 0 Å². The maximum atomic E-state index is 13.3. The third kappa shape index (κ3) is 9.54. The lowest BCUT2D eigenvalue weighted by Gasteiger charge is -2.21. The van der Waals surface area contributed by atoms with Gasteiger partial charge in [0, 0.05) is 37.1 Å². The van der Waals surface area contributed by atoms with Crippen molar-refractivity contribution >= 4 is 34.3 Å². The maximum Gasteiger partial charge on any atom is 0.312 e. The summed E-state index contributed by atoms with van der Waals surface area (Å²) in [6.07, 6.45) is 2.56. The number of rotatable bonds is 15. The molecule has 0 spiro atoms. The Bertz CT molecular complexity index is 1490. The number of hydrogen-bond donors (Lipinski definition) is 6. The average molecular weight is 582 g/mol. The first-order valence-corrected chi connectivity index (χ1v) is 14.4. The van der Waals surface area contributed by atoms with Gasteiger partial charge in [0.2, 0.25) is 5.91 Å². The number of nitrogens with one attached hydrogen (secondary N) is 5. The minimum absolute atomic E-state index is 0.0569. The van der Waals surface area contributed by atoms with Gasteiger partial charge in [-0.15, -0.1) is 0 Å². The van der Waals surface area contributed by atoms with E-state index in [1.165, 1.54) is 0 Å². The Kier molecular flexibility index (Phi) is 11.4. The van der Waals surface area contributed by atoms with Crippen LogP contribution < -0.4 is 32.3 Å². The smallest absolute Gasteiger partial charge is 0.312 e. The number of amides is 4. The van der Waals surface area contributed by atoms with Crippen LogP contribution in [0.1, 0.15) is 47.3 Å². The van der Waals surface area contributed by atoms with E-state index >= 15 is 0 Å². The van der Waals surface area contributed by atoms with E-state index < -0.39 is 12.1 Å². The summed E-state index contributed by atoms with van der Waals surface area (Å²) in [6, 6.07) is 25.7. The first kappa shape index (κ1) is 31.0. The Morgan fingerprint density at radius 1 is 0.884 bits per heavy atom. The second-order valence-electron chi connectivity index (χ2n) is 10.4. The first-order chi connectivity index (χ1) is 20.9. The van der Waals surface area contributed by atoms with Crippen LogP contribution in [0.15, 0.2) is 91.1 Å². The minimum atomic E-state index is -0.782. The fourth-order valence-electron chi connectivity index (χ4n) is 4.79. The number of benzene rings is 3. The highest BCUT2D eigenvalue weighted by Gasteiger charge is 2.22. The van der Waals surface area contributed by atoms with Crippen LogP contribution in [0.5, 0.6) is 0 Å². The summed E-state index contributed by atoms with van der Waals surface area (Å²) < 4.78 is 0. The quantitative estimate of drug-likeness (QED) is 0.0927. The van der Waals surface area contributed by atoms with Crippen molar-refractivity contribution < 1.29 is 14.4 Å². The Hall–Kier alpha value is -4.96. The van der Waals surface area contributed by atoms with E-state index in [0.717, 1.165) is 27.7 Å². The summed E-state index contributed by atoms with van der Waals surface area (Å²) in [5, 5.41) is 17.2. The molecule has 0 saturated carbocycles. The number of urea groups is 1. The number of primary amides is 1. The molecule has 4 rings (SSSR count). The van der Waals surface area contributed by atoms with E-state index in [2.05, 4.69) is 62.8 Å². The van der Waals surface area contributed by atoms with E-state index in [4.69, 9.17) is 5.73 Å². The third-order valence-corrected chi connectivity index (χ3v) is 7.12. The van der Waals surface area contributed by atoms with Crippen LogP contribution in [0.4, 0.5) is 10.5 Å². The second-order valence-corrected chi connectivity index (χ2v) is 10.4. The topological polar surface area (TPSA) is 150 Å². The monoisotopic (exact) mass is 581 g/mol. The molecule has 1 aromatic heterocycles. The van der Waals surface area contributed by atoms with Crippen molar-refractivity contribution in [2.24, 2.45) is 5.73 Å². The van der Waals surface area contributed by atoms with E-state index in [-0.39, 0.29) is 17.7 Å². The molecule has 0 aliphatic heterocycles. The summed E-state index contributed by atoms with van der Waals surface area (Å²) in [7, 11) is 0. The Morgan fingerprint density at radius 2 is 1.65 bits per heavy atom. The predicted molar refractivity (Wildman–Crippen MR) is 169 cm³/mol. The molecule has 10 heteroatoms. The van der Waals surface area contributed by atoms with Gasteiger partial charge in [-0.25, -0.2) is 4.79 Å². The first-order valence-electron chi connectivity index (χ1n) is 14.4. The molecule has 0 fully saturated rings. The normalized spacial score (nSPS) is 12.2. The van der Waals surface area contributed by atoms with Crippen molar-refractivity contribution in [3.8, 4) is 0 Å². The average Bonchev–Trinajstić information content (AvgIpc) is 3.03. The van der Waals surface area contributed by atoms with Gasteiger partial charge in [-0.1, -0.05) is 55.5 Å². The van der Waals surface area contributed by atoms with Crippen LogP contribution in [0.25, 0.3) is 10.8 Å². The second kappa shape index (κ2) is 15.9. The van der Waals surface area contributed by atoms with Gasteiger partial charge in [0.15, 0.2) is 0 Å². The van der Waals surface area contributed by atoms with Gasteiger partial charge in [-0.05, 0) is 71.5 Å². The lowest BCUT2D eigenvalue weighted by Crippen LogP contribution is -2.47. The molecule has 7 N–H and O–H groups in total. The van der Waals surface area contributed by atoms with Crippen molar-refractivity contribution in [2.45, 2.75) is 38.3 Å². The van der Waals surface area contributed by atoms with E-state index in [0.29, 0.717) is 44.7 Å². The predicted octanol–water partition coefficient (Wildman–Crippen LogP) is 3.86. The number of nitrogens with zero attached hydrogens (tertiary/aromatic N) is 1. The van der Waals surface area contributed by atoms with Gasteiger partial charge >= 0.3 is 6.03 Å². The highest BCUT2D eigenvalue weighted by atomic mass is 16.2. The lowest BCUT2D eigenvalue weighted by molar-refractivity contribution is -0.123. The fourth-order valence-corrected chi connectivity index (χ4v) is 4.79. The molecule has 3 aromatic carbocycles. The van der Waals surface area contributed by atoms with E-state index in [1.807, 2.05) is 48.5 Å². The Labute approximate surface area is 251 Å². The number of nitrogens with two attached hydrogens (primary N) is 1. The van der Waals surface area contributed by atoms with E-state index in [1.54, 1.807) is 18.3 Å². The van der Waals surface area contributed by atoms with Gasteiger partial charge in [-0.2, -0.15) is 0 Å². The number of hydrogen-bond acceptors (Lipinski definition) is 6. The number of carbonyl (C=O) groups is 3. The Balaban J connectivity index is 1.32. The van der Waals surface area contributed by atoms with Crippen LogP contribution in [-0.4, -0.2) is 48.6 Å². The highest BCUT2D eigenvalue weighted by Crippen LogP contribution is 2.25. The maximum absolute atomic E-state index is 13.3. The number of fused-ring (bicyclic) bond motifs is 1. The molecular formula is C33H39N7O3. The van der Waals surface area contributed by atoms with Crippen molar-refractivity contribution in [3.63, 3.8) is 0 Å². The van der Waals surface area contributed by atoms with Crippen molar-refractivity contribution in [1.82, 2.24) is 26.3 Å². The molecule has 0 unspecified atom stereocenters. The third-order valence-electron chi connectivity index (χ3n) is 7.12. The number of pyridine rings is 1. The number of anilines is 1. The minimum Gasteiger partial charge on any atom is -0.372 e.